The second-order valence-corrected chi connectivity index (χ2v) is 7.45. The van der Waals surface area contributed by atoms with Gasteiger partial charge in [0.25, 0.3) is 11.6 Å². The molecule has 1 amide bonds. The fourth-order valence-corrected chi connectivity index (χ4v) is 3.71. The van der Waals surface area contributed by atoms with Crippen LogP contribution in [0, 0.1) is 24.0 Å². The Morgan fingerprint density at radius 3 is 2.48 bits per heavy atom. The van der Waals surface area contributed by atoms with Crippen LogP contribution >= 0.6 is 11.8 Å². The summed E-state index contributed by atoms with van der Waals surface area (Å²) in [6, 6.07) is 7.68. The lowest BCUT2D eigenvalue weighted by atomic mass is 10.1. The van der Waals surface area contributed by atoms with Crippen molar-refractivity contribution in [1.82, 2.24) is 5.32 Å². The highest BCUT2D eigenvalue weighted by Gasteiger charge is 2.27. The first-order chi connectivity index (χ1) is 14.7. The van der Waals surface area contributed by atoms with E-state index >= 15 is 0 Å². The predicted molar refractivity (Wildman–Crippen MR) is 113 cm³/mol. The first-order valence-corrected chi connectivity index (χ1v) is 9.68. The maximum atomic E-state index is 12.6. The zero-order valence-corrected chi connectivity index (χ0v) is 17.5. The highest BCUT2D eigenvalue weighted by Crippen LogP contribution is 2.38. The van der Waals surface area contributed by atoms with Gasteiger partial charge in [0, 0.05) is 0 Å². The third-order valence-corrected chi connectivity index (χ3v) is 5.23. The molecule has 0 aromatic heterocycles. The van der Waals surface area contributed by atoms with Crippen molar-refractivity contribution in [3.8, 4) is 11.5 Å². The first-order valence-electron chi connectivity index (χ1n) is 8.86. The van der Waals surface area contributed by atoms with Crippen LogP contribution in [0.5, 0.6) is 11.5 Å². The summed E-state index contributed by atoms with van der Waals surface area (Å²) in [5.41, 5.74) is 2.05. The molecule has 1 saturated heterocycles. The summed E-state index contributed by atoms with van der Waals surface area (Å²) in [4.78, 5) is 27.7. The zero-order chi connectivity index (χ0) is 22.7. The number of halogens is 2. The number of amidine groups is 1. The number of thioether (sulfide) groups is 1. The van der Waals surface area contributed by atoms with Gasteiger partial charge in [0.2, 0.25) is 0 Å². The number of para-hydroxylation sites is 1. The van der Waals surface area contributed by atoms with Crippen molar-refractivity contribution in [2.75, 3.05) is 7.11 Å². The summed E-state index contributed by atoms with van der Waals surface area (Å²) in [7, 11) is 1.21. The number of nitrogens with zero attached hydrogens (tertiary/aromatic N) is 2. The predicted octanol–water partition coefficient (Wildman–Crippen LogP) is 4.71. The molecule has 0 saturated carbocycles. The topological polar surface area (TPSA) is 103 Å². The number of aryl methyl sites for hydroxylation is 2. The number of rotatable bonds is 6. The van der Waals surface area contributed by atoms with Gasteiger partial charge in [-0.1, -0.05) is 18.2 Å². The number of carbonyl (C=O) groups excluding carboxylic acids is 1. The van der Waals surface area contributed by atoms with E-state index < -0.39 is 28.9 Å². The standard InChI is InChI=1S/C20H17F2N3O5S/c1-10-5-4-6-11(2)17(10)23-20-24-18(26)16(31-20)8-12-7-14(29-3)15(30-19(21)22)9-13(12)25(27)28/h4-9,19H,1-3H3,(H,23,24,26)/b16-8-. The van der Waals surface area contributed by atoms with Crippen LogP contribution < -0.4 is 14.8 Å². The lowest BCUT2D eigenvalue weighted by Gasteiger charge is -2.11. The number of alkyl halides is 2. The monoisotopic (exact) mass is 449 g/mol. The molecule has 0 atom stereocenters. The number of methoxy groups -OCH3 is 1. The maximum Gasteiger partial charge on any atom is 0.387 e. The van der Waals surface area contributed by atoms with Crippen molar-refractivity contribution in [2.24, 2.45) is 4.99 Å². The van der Waals surface area contributed by atoms with E-state index in [4.69, 9.17) is 4.74 Å². The number of hydrogen-bond donors (Lipinski definition) is 1. The smallest absolute Gasteiger partial charge is 0.387 e. The summed E-state index contributed by atoms with van der Waals surface area (Å²) in [6.07, 6.45) is 1.28. The van der Waals surface area contributed by atoms with E-state index in [9.17, 15) is 23.7 Å². The van der Waals surface area contributed by atoms with Crippen molar-refractivity contribution in [1.29, 1.82) is 0 Å². The molecule has 0 spiro atoms. The molecule has 162 valence electrons. The Bertz CT molecular complexity index is 1100. The highest BCUT2D eigenvalue weighted by atomic mass is 32.2. The minimum Gasteiger partial charge on any atom is -0.493 e. The van der Waals surface area contributed by atoms with Crippen LogP contribution in [0.1, 0.15) is 16.7 Å². The van der Waals surface area contributed by atoms with Gasteiger partial charge in [-0.3, -0.25) is 14.9 Å². The second-order valence-electron chi connectivity index (χ2n) is 6.42. The van der Waals surface area contributed by atoms with Crippen molar-refractivity contribution >= 4 is 40.3 Å². The van der Waals surface area contributed by atoms with Crippen LogP contribution in [0.15, 0.2) is 40.2 Å². The van der Waals surface area contributed by atoms with Gasteiger partial charge in [0.15, 0.2) is 16.7 Å². The third kappa shape index (κ3) is 5.00. The number of nitrogens with one attached hydrogen (secondary N) is 1. The fourth-order valence-electron chi connectivity index (χ4n) is 2.89. The molecule has 0 unspecified atom stereocenters. The Morgan fingerprint density at radius 2 is 1.90 bits per heavy atom. The van der Waals surface area contributed by atoms with Crippen LogP contribution in [-0.4, -0.2) is 29.7 Å². The lowest BCUT2D eigenvalue weighted by molar-refractivity contribution is -0.385. The van der Waals surface area contributed by atoms with Crippen LogP contribution in [0.25, 0.3) is 6.08 Å². The van der Waals surface area contributed by atoms with Gasteiger partial charge < -0.3 is 14.8 Å². The van der Waals surface area contributed by atoms with Gasteiger partial charge in [-0.15, -0.1) is 0 Å². The van der Waals surface area contributed by atoms with E-state index in [1.54, 1.807) is 0 Å². The van der Waals surface area contributed by atoms with Crippen molar-refractivity contribution < 1.29 is 28.0 Å². The molecule has 2 aromatic carbocycles. The molecule has 1 fully saturated rings. The Kier molecular flexibility index (Phi) is 6.54. The largest absolute Gasteiger partial charge is 0.493 e. The molecule has 2 aromatic rings. The van der Waals surface area contributed by atoms with Gasteiger partial charge in [-0.25, -0.2) is 4.99 Å². The summed E-state index contributed by atoms with van der Waals surface area (Å²) in [6.45, 7) is 0.601. The number of aliphatic imine (C=N–C) groups is 1. The minimum absolute atomic E-state index is 0.00515. The molecule has 8 nitrogen and oxygen atoms in total. The molecule has 1 N–H and O–H groups in total. The summed E-state index contributed by atoms with van der Waals surface area (Å²) < 4.78 is 34.5. The van der Waals surface area contributed by atoms with Crippen molar-refractivity contribution in [3.63, 3.8) is 0 Å². The van der Waals surface area contributed by atoms with E-state index in [0.717, 1.165) is 35.0 Å². The van der Waals surface area contributed by atoms with Crippen LogP contribution in [0.4, 0.5) is 20.2 Å². The Labute approximate surface area is 180 Å². The quantitative estimate of drug-likeness (QED) is 0.389. The van der Waals surface area contributed by atoms with Gasteiger partial charge >= 0.3 is 6.61 Å². The highest BCUT2D eigenvalue weighted by molar-refractivity contribution is 8.18. The SMILES string of the molecule is COc1cc(/C=C2\SC(=Nc3c(C)cccc3C)NC2=O)c([N+](=O)[O-])cc1OC(F)F. The average molecular weight is 449 g/mol. The first kappa shape index (κ1) is 22.2. The minimum atomic E-state index is -3.18. The molecule has 1 heterocycles. The Morgan fingerprint density at radius 1 is 1.23 bits per heavy atom. The fraction of sp³-hybridized carbons (Fsp3) is 0.200. The molecule has 31 heavy (non-hydrogen) atoms. The molecule has 1 aliphatic heterocycles. The number of carbonyl (C=O) groups is 1. The average Bonchev–Trinajstić information content (AvgIpc) is 3.04. The molecule has 0 radical (unpaired) electrons. The van der Waals surface area contributed by atoms with Crippen LogP contribution in [0.2, 0.25) is 0 Å². The molecule has 11 heteroatoms. The molecular formula is C20H17F2N3O5S. The van der Waals surface area contributed by atoms with Crippen LogP contribution in [-0.2, 0) is 4.79 Å². The Balaban J connectivity index is 2.00. The molecule has 3 rings (SSSR count). The van der Waals surface area contributed by atoms with E-state index in [1.807, 2.05) is 32.0 Å². The normalized spacial score (nSPS) is 16.1. The molecular weight excluding hydrogens is 432 g/mol. The number of benzene rings is 2. The summed E-state index contributed by atoms with van der Waals surface area (Å²) in [5, 5.41) is 14.4. The van der Waals surface area contributed by atoms with E-state index in [1.165, 1.54) is 13.2 Å². The number of hydrogen-bond acceptors (Lipinski definition) is 7. The lowest BCUT2D eigenvalue weighted by Crippen LogP contribution is -2.19. The second kappa shape index (κ2) is 9.13. The number of ether oxygens (including phenoxy) is 2. The van der Waals surface area contributed by atoms with Crippen molar-refractivity contribution in [3.05, 3.63) is 62.0 Å². The number of amides is 1. The van der Waals surface area contributed by atoms with Gasteiger partial charge in [-0.05, 0) is 48.9 Å². The zero-order valence-electron chi connectivity index (χ0n) is 16.6. The van der Waals surface area contributed by atoms with Gasteiger partial charge in [0.05, 0.1) is 34.3 Å². The van der Waals surface area contributed by atoms with E-state index in [0.29, 0.717) is 10.9 Å². The summed E-state index contributed by atoms with van der Waals surface area (Å²) >= 11 is 1.01. The number of nitro groups is 1. The van der Waals surface area contributed by atoms with Crippen molar-refractivity contribution in [2.45, 2.75) is 20.5 Å². The number of nitro benzene ring substituents is 1. The van der Waals surface area contributed by atoms with Gasteiger partial charge in [-0.2, -0.15) is 8.78 Å². The maximum absolute atomic E-state index is 12.6. The third-order valence-electron chi connectivity index (χ3n) is 4.32. The van der Waals surface area contributed by atoms with Gasteiger partial charge in [0.1, 0.15) is 0 Å². The molecule has 0 bridgehead atoms. The Hall–Kier alpha value is -3.47. The molecule has 0 aliphatic carbocycles. The van der Waals surface area contributed by atoms with E-state index in [2.05, 4.69) is 15.0 Å². The van der Waals surface area contributed by atoms with E-state index in [-0.39, 0.29) is 16.2 Å². The summed E-state index contributed by atoms with van der Waals surface area (Å²) in [5.74, 6) is -1.10. The molecule has 1 aliphatic rings. The van der Waals surface area contributed by atoms with Crippen LogP contribution in [0.3, 0.4) is 0 Å².